The summed E-state index contributed by atoms with van der Waals surface area (Å²) in [5.74, 6) is -0.149. The summed E-state index contributed by atoms with van der Waals surface area (Å²) < 4.78 is 38.6. The number of rotatable bonds is 5. The van der Waals surface area contributed by atoms with E-state index < -0.39 is 11.7 Å². The third-order valence-corrected chi connectivity index (χ3v) is 3.45. The topological polar surface area (TPSA) is 41.1 Å². The van der Waals surface area contributed by atoms with Crippen molar-refractivity contribution in [2.24, 2.45) is 5.92 Å². The number of amides is 1. The summed E-state index contributed by atoms with van der Waals surface area (Å²) in [4.78, 5) is 11.7. The van der Waals surface area contributed by atoms with Crippen molar-refractivity contribution < 1.29 is 18.0 Å². The average Bonchev–Trinajstić information content (AvgIpc) is 2.35. The molecule has 0 bridgehead atoms. The van der Waals surface area contributed by atoms with Crippen molar-refractivity contribution in [1.82, 2.24) is 5.32 Å². The van der Waals surface area contributed by atoms with Crippen molar-refractivity contribution in [2.75, 3.05) is 11.9 Å². The molecule has 1 atom stereocenters. The summed E-state index contributed by atoms with van der Waals surface area (Å²) in [6, 6.07) is 3.42. The van der Waals surface area contributed by atoms with E-state index in [-0.39, 0.29) is 35.1 Å². The highest BCUT2D eigenvalue weighted by molar-refractivity contribution is 6.33. The second-order valence-corrected chi connectivity index (χ2v) is 5.52. The van der Waals surface area contributed by atoms with Crippen LogP contribution in [0.15, 0.2) is 18.2 Å². The molecule has 1 aromatic carbocycles. The van der Waals surface area contributed by atoms with Crippen molar-refractivity contribution in [2.45, 2.75) is 33.0 Å². The second kappa shape index (κ2) is 7.02. The minimum Gasteiger partial charge on any atom is -0.374 e. The van der Waals surface area contributed by atoms with E-state index >= 15 is 0 Å². The highest BCUT2D eigenvalue weighted by Crippen LogP contribution is 2.38. The summed E-state index contributed by atoms with van der Waals surface area (Å²) in [7, 11) is 0. The lowest BCUT2D eigenvalue weighted by Crippen LogP contribution is -2.39. The van der Waals surface area contributed by atoms with Gasteiger partial charge in [-0.05, 0) is 25.0 Å². The molecular weight excluding hydrogens is 305 g/mol. The monoisotopic (exact) mass is 322 g/mol. The van der Waals surface area contributed by atoms with Crippen LogP contribution >= 0.6 is 11.6 Å². The summed E-state index contributed by atoms with van der Waals surface area (Å²) in [5, 5.41) is 5.10. The molecule has 1 unspecified atom stereocenters. The first-order valence-electron chi connectivity index (χ1n) is 6.52. The van der Waals surface area contributed by atoms with Crippen LogP contribution < -0.4 is 10.6 Å². The molecule has 3 nitrogen and oxygen atoms in total. The number of hydrogen-bond donors (Lipinski definition) is 2. The molecule has 0 saturated carbocycles. The van der Waals surface area contributed by atoms with Gasteiger partial charge in [0.05, 0.1) is 22.8 Å². The van der Waals surface area contributed by atoms with Crippen LogP contribution in [0.2, 0.25) is 5.02 Å². The molecule has 0 fully saturated rings. The van der Waals surface area contributed by atoms with Gasteiger partial charge in [-0.15, -0.1) is 0 Å². The number of benzene rings is 1. The normalized spacial score (nSPS) is 13.1. The van der Waals surface area contributed by atoms with Crippen LogP contribution in [0.25, 0.3) is 0 Å². The zero-order valence-corrected chi connectivity index (χ0v) is 12.8. The van der Waals surface area contributed by atoms with Gasteiger partial charge in [-0.25, -0.2) is 0 Å². The Hall–Kier alpha value is -1.43. The number of alkyl halides is 3. The Labute approximate surface area is 126 Å². The zero-order chi connectivity index (χ0) is 16.2. The Morgan fingerprint density at radius 2 is 1.90 bits per heavy atom. The predicted molar refractivity (Wildman–Crippen MR) is 77.4 cm³/mol. The molecule has 1 rings (SSSR count). The highest BCUT2D eigenvalue weighted by atomic mass is 35.5. The number of para-hydroxylation sites is 1. The van der Waals surface area contributed by atoms with Crippen LogP contribution in [0.4, 0.5) is 18.9 Å². The maximum Gasteiger partial charge on any atom is 0.418 e. The van der Waals surface area contributed by atoms with Crippen molar-refractivity contribution in [3.05, 3.63) is 28.8 Å². The highest BCUT2D eigenvalue weighted by Gasteiger charge is 2.34. The van der Waals surface area contributed by atoms with Crippen LogP contribution in [-0.2, 0) is 11.0 Å². The molecule has 7 heteroatoms. The molecule has 0 saturated heterocycles. The fraction of sp³-hybridized carbons (Fsp3) is 0.500. The number of carbonyl (C=O) groups is 1. The van der Waals surface area contributed by atoms with Crippen molar-refractivity contribution in [1.29, 1.82) is 0 Å². The van der Waals surface area contributed by atoms with Gasteiger partial charge >= 0.3 is 6.18 Å². The number of anilines is 1. The fourth-order valence-corrected chi connectivity index (χ4v) is 1.82. The van der Waals surface area contributed by atoms with E-state index in [1.165, 1.54) is 12.1 Å². The Morgan fingerprint density at radius 1 is 1.29 bits per heavy atom. The Bertz CT molecular complexity index is 503. The lowest BCUT2D eigenvalue weighted by atomic mass is 10.1. The third-order valence-electron chi connectivity index (χ3n) is 3.13. The Morgan fingerprint density at radius 3 is 2.43 bits per heavy atom. The predicted octanol–water partition coefficient (Wildman–Crippen LogP) is 3.93. The van der Waals surface area contributed by atoms with Crippen LogP contribution in [0.1, 0.15) is 26.3 Å². The van der Waals surface area contributed by atoms with E-state index in [1.807, 2.05) is 20.8 Å². The maximum atomic E-state index is 12.9. The van der Waals surface area contributed by atoms with Gasteiger partial charge in [0.15, 0.2) is 0 Å². The summed E-state index contributed by atoms with van der Waals surface area (Å²) in [6.07, 6.45) is -4.53. The van der Waals surface area contributed by atoms with E-state index in [0.717, 1.165) is 6.07 Å². The lowest BCUT2D eigenvalue weighted by Gasteiger charge is -2.19. The van der Waals surface area contributed by atoms with E-state index in [1.54, 1.807) is 0 Å². The van der Waals surface area contributed by atoms with Crippen LogP contribution in [-0.4, -0.2) is 18.5 Å². The SMILES string of the molecule is CC(C)C(C)NC(=O)CNc1c(Cl)cccc1C(F)(F)F. The molecule has 0 aliphatic heterocycles. The second-order valence-electron chi connectivity index (χ2n) is 5.11. The van der Waals surface area contributed by atoms with Gasteiger partial charge in [0, 0.05) is 6.04 Å². The van der Waals surface area contributed by atoms with E-state index in [2.05, 4.69) is 10.6 Å². The van der Waals surface area contributed by atoms with Gasteiger partial charge in [0.1, 0.15) is 0 Å². The summed E-state index contributed by atoms with van der Waals surface area (Å²) >= 11 is 5.78. The molecule has 21 heavy (non-hydrogen) atoms. The minimum absolute atomic E-state index is 0.0624. The zero-order valence-electron chi connectivity index (χ0n) is 12.0. The first-order chi connectivity index (χ1) is 9.62. The average molecular weight is 323 g/mol. The smallest absolute Gasteiger partial charge is 0.374 e. The largest absolute Gasteiger partial charge is 0.418 e. The number of carbonyl (C=O) groups excluding carboxylic acids is 1. The summed E-state index contributed by atoms with van der Waals surface area (Å²) in [5.41, 5.74) is -1.17. The first kappa shape index (κ1) is 17.6. The minimum atomic E-state index is -4.53. The number of nitrogens with one attached hydrogen (secondary N) is 2. The van der Waals surface area contributed by atoms with E-state index in [0.29, 0.717) is 0 Å². The van der Waals surface area contributed by atoms with Gasteiger partial charge in [0.2, 0.25) is 5.91 Å². The molecule has 0 radical (unpaired) electrons. The van der Waals surface area contributed by atoms with Gasteiger partial charge in [-0.1, -0.05) is 31.5 Å². The lowest BCUT2D eigenvalue weighted by molar-refractivity contribution is -0.137. The number of hydrogen-bond acceptors (Lipinski definition) is 2. The van der Waals surface area contributed by atoms with Crippen LogP contribution in [0.5, 0.6) is 0 Å². The van der Waals surface area contributed by atoms with Gasteiger partial charge in [0.25, 0.3) is 0 Å². The van der Waals surface area contributed by atoms with Gasteiger partial charge in [-0.2, -0.15) is 13.2 Å². The first-order valence-corrected chi connectivity index (χ1v) is 6.89. The van der Waals surface area contributed by atoms with E-state index in [4.69, 9.17) is 11.6 Å². The summed E-state index contributed by atoms with van der Waals surface area (Å²) in [6.45, 7) is 5.44. The molecule has 1 amide bonds. The van der Waals surface area contributed by atoms with Gasteiger partial charge < -0.3 is 10.6 Å². The van der Waals surface area contributed by atoms with Crippen LogP contribution in [0.3, 0.4) is 0 Å². The number of halogens is 4. The molecule has 0 aliphatic carbocycles. The molecule has 1 aromatic rings. The molecule has 0 heterocycles. The van der Waals surface area contributed by atoms with Crippen molar-refractivity contribution in [3.8, 4) is 0 Å². The molecule has 2 N–H and O–H groups in total. The fourth-order valence-electron chi connectivity index (χ4n) is 1.58. The standard InChI is InChI=1S/C14H18ClF3N2O/c1-8(2)9(3)20-12(21)7-19-13-10(14(16,17)18)5-4-6-11(13)15/h4-6,8-9,19H,7H2,1-3H3,(H,20,21). The quantitative estimate of drug-likeness (QED) is 0.862. The Kier molecular flexibility index (Phi) is 5.89. The van der Waals surface area contributed by atoms with E-state index in [9.17, 15) is 18.0 Å². The molecule has 0 aromatic heterocycles. The Balaban J connectivity index is 2.78. The molecule has 0 aliphatic rings. The molecular formula is C14H18ClF3N2O. The van der Waals surface area contributed by atoms with Crippen LogP contribution in [0, 0.1) is 5.92 Å². The molecule has 118 valence electrons. The molecule has 0 spiro atoms. The van der Waals surface area contributed by atoms with Crippen molar-refractivity contribution >= 4 is 23.2 Å². The maximum absolute atomic E-state index is 12.9. The van der Waals surface area contributed by atoms with Crippen molar-refractivity contribution in [3.63, 3.8) is 0 Å². The third kappa shape index (κ3) is 5.12. The van der Waals surface area contributed by atoms with Gasteiger partial charge in [-0.3, -0.25) is 4.79 Å².